The first-order valence-electron chi connectivity index (χ1n) is 10.2. The van der Waals surface area contributed by atoms with Gasteiger partial charge in [0.15, 0.2) is 0 Å². The fourth-order valence-corrected chi connectivity index (χ4v) is 4.83. The molecule has 0 bridgehead atoms. The van der Waals surface area contributed by atoms with Crippen LogP contribution in [0.15, 0.2) is 0 Å². The number of aliphatic carboxylic acids is 1. The molecule has 1 N–H and O–H groups in total. The Morgan fingerprint density at radius 1 is 1.04 bits per heavy atom. The maximum Gasteiger partial charge on any atom is 0.310 e. The maximum absolute atomic E-state index is 12.4. The van der Waals surface area contributed by atoms with Crippen molar-refractivity contribution in [1.82, 2.24) is 0 Å². The average molecular weight is 325 g/mol. The molecule has 2 heteroatoms. The second kappa shape index (κ2) is 9.69. The van der Waals surface area contributed by atoms with Crippen LogP contribution in [-0.4, -0.2) is 11.1 Å². The van der Waals surface area contributed by atoms with E-state index in [2.05, 4.69) is 27.7 Å². The number of carboxylic acid groups (broad SMARTS) is 1. The Labute approximate surface area is 144 Å². The van der Waals surface area contributed by atoms with Crippen molar-refractivity contribution in [3.63, 3.8) is 0 Å². The maximum atomic E-state index is 12.4. The third-order valence-electron chi connectivity index (χ3n) is 6.48. The van der Waals surface area contributed by atoms with Gasteiger partial charge in [0.1, 0.15) is 0 Å². The van der Waals surface area contributed by atoms with Gasteiger partial charge in [-0.2, -0.15) is 0 Å². The molecule has 2 nitrogen and oxygen atoms in total. The molecule has 0 spiro atoms. The Kier molecular flexibility index (Phi) is 8.64. The van der Waals surface area contributed by atoms with E-state index < -0.39 is 11.4 Å². The summed E-state index contributed by atoms with van der Waals surface area (Å²) in [5.74, 6) is 0.0122. The van der Waals surface area contributed by atoms with Gasteiger partial charge in [-0.05, 0) is 37.0 Å². The Morgan fingerprint density at radius 2 is 1.70 bits per heavy atom. The van der Waals surface area contributed by atoms with Crippen LogP contribution < -0.4 is 0 Å². The van der Waals surface area contributed by atoms with Gasteiger partial charge in [-0.25, -0.2) is 0 Å². The number of carbonyl (C=O) groups is 1. The molecule has 1 aliphatic carbocycles. The van der Waals surface area contributed by atoms with E-state index in [9.17, 15) is 9.90 Å². The number of hydrogen-bond acceptors (Lipinski definition) is 1. The standard InChI is InChI=1S/C21H40O2/c1-5-7-9-10-13-18(3)17-21(19(22)23)16-12-11-15-20(21,4)14-8-6-2/h18H,5-17H2,1-4H3,(H,22,23). The predicted molar refractivity (Wildman–Crippen MR) is 98.7 cm³/mol. The molecule has 0 aliphatic heterocycles. The predicted octanol–water partition coefficient (Wildman–Crippen LogP) is 6.82. The molecule has 136 valence electrons. The van der Waals surface area contributed by atoms with E-state index in [1.807, 2.05) is 0 Å². The smallest absolute Gasteiger partial charge is 0.310 e. The molecule has 1 saturated carbocycles. The van der Waals surface area contributed by atoms with Crippen molar-refractivity contribution in [1.29, 1.82) is 0 Å². The van der Waals surface area contributed by atoms with Crippen LogP contribution in [0.4, 0.5) is 0 Å². The van der Waals surface area contributed by atoms with Crippen LogP contribution in [0.2, 0.25) is 0 Å². The molecule has 0 amide bonds. The number of carboxylic acids is 1. The first-order chi connectivity index (χ1) is 10.9. The van der Waals surface area contributed by atoms with Crippen molar-refractivity contribution in [2.75, 3.05) is 0 Å². The monoisotopic (exact) mass is 324 g/mol. The van der Waals surface area contributed by atoms with Crippen molar-refractivity contribution in [2.24, 2.45) is 16.7 Å². The fraction of sp³-hybridized carbons (Fsp3) is 0.952. The van der Waals surface area contributed by atoms with Gasteiger partial charge < -0.3 is 5.11 Å². The lowest BCUT2D eigenvalue weighted by Crippen LogP contribution is -2.49. The molecule has 23 heavy (non-hydrogen) atoms. The number of rotatable bonds is 11. The van der Waals surface area contributed by atoms with Gasteiger partial charge in [0.05, 0.1) is 5.41 Å². The van der Waals surface area contributed by atoms with E-state index in [4.69, 9.17) is 0 Å². The highest BCUT2D eigenvalue weighted by Gasteiger charge is 2.54. The first kappa shape index (κ1) is 20.5. The molecule has 0 aromatic rings. The summed E-state index contributed by atoms with van der Waals surface area (Å²) in [4.78, 5) is 12.4. The van der Waals surface area contributed by atoms with Gasteiger partial charge in [-0.3, -0.25) is 4.79 Å². The quantitative estimate of drug-likeness (QED) is 0.423. The van der Waals surface area contributed by atoms with Crippen molar-refractivity contribution >= 4 is 5.97 Å². The summed E-state index contributed by atoms with van der Waals surface area (Å²) >= 11 is 0. The minimum Gasteiger partial charge on any atom is -0.481 e. The zero-order valence-electron chi connectivity index (χ0n) is 16.1. The van der Waals surface area contributed by atoms with Crippen molar-refractivity contribution < 1.29 is 9.90 Å². The average Bonchev–Trinajstić information content (AvgIpc) is 2.52. The van der Waals surface area contributed by atoms with Crippen LogP contribution in [0.3, 0.4) is 0 Å². The number of hydrogen-bond donors (Lipinski definition) is 1. The van der Waals surface area contributed by atoms with Crippen LogP contribution in [0.25, 0.3) is 0 Å². The minimum atomic E-state index is -0.517. The SMILES string of the molecule is CCCCCCC(C)CC1(C(=O)O)CCCCC1(C)CCCC. The minimum absolute atomic E-state index is 0.00915. The molecule has 1 fully saturated rings. The van der Waals surface area contributed by atoms with E-state index in [0.29, 0.717) is 5.92 Å². The Hall–Kier alpha value is -0.530. The molecule has 0 aromatic heterocycles. The van der Waals surface area contributed by atoms with E-state index in [1.165, 1.54) is 38.5 Å². The summed E-state index contributed by atoms with van der Waals surface area (Å²) in [6.07, 6.45) is 14.9. The third kappa shape index (κ3) is 5.22. The Balaban J connectivity index is 2.80. The summed E-state index contributed by atoms with van der Waals surface area (Å²) in [5, 5.41) is 10.2. The molecule has 0 saturated heterocycles. The summed E-state index contributed by atoms with van der Waals surface area (Å²) < 4.78 is 0. The lowest BCUT2D eigenvalue weighted by atomic mass is 9.52. The summed E-state index contributed by atoms with van der Waals surface area (Å²) in [6, 6.07) is 0. The number of unbranched alkanes of at least 4 members (excludes halogenated alkanes) is 4. The van der Waals surface area contributed by atoms with Gasteiger partial charge in [-0.15, -0.1) is 0 Å². The lowest BCUT2D eigenvalue weighted by Gasteiger charge is -2.51. The fourth-order valence-electron chi connectivity index (χ4n) is 4.83. The summed E-state index contributed by atoms with van der Waals surface area (Å²) in [5.41, 5.74) is -0.491. The van der Waals surface area contributed by atoms with Gasteiger partial charge in [0.2, 0.25) is 0 Å². The van der Waals surface area contributed by atoms with Crippen molar-refractivity contribution in [3.8, 4) is 0 Å². The topological polar surface area (TPSA) is 37.3 Å². The zero-order chi connectivity index (χ0) is 17.3. The molecule has 1 rings (SSSR count). The second-order valence-electron chi connectivity index (χ2n) is 8.42. The van der Waals surface area contributed by atoms with Gasteiger partial charge >= 0.3 is 5.97 Å². The second-order valence-corrected chi connectivity index (χ2v) is 8.42. The van der Waals surface area contributed by atoms with Gasteiger partial charge in [0, 0.05) is 0 Å². The normalized spacial score (nSPS) is 29.4. The largest absolute Gasteiger partial charge is 0.481 e. The molecule has 3 unspecified atom stereocenters. The van der Waals surface area contributed by atoms with E-state index in [1.54, 1.807) is 0 Å². The van der Waals surface area contributed by atoms with Crippen LogP contribution >= 0.6 is 0 Å². The van der Waals surface area contributed by atoms with Crippen molar-refractivity contribution in [3.05, 3.63) is 0 Å². The molecular formula is C21H40O2. The Bertz CT molecular complexity index is 352. The lowest BCUT2D eigenvalue weighted by molar-refractivity contribution is -0.165. The van der Waals surface area contributed by atoms with Crippen LogP contribution in [0, 0.1) is 16.7 Å². The van der Waals surface area contributed by atoms with E-state index >= 15 is 0 Å². The van der Waals surface area contributed by atoms with E-state index in [0.717, 1.165) is 44.9 Å². The van der Waals surface area contributed by atoms with Crippen LogP contribution in [0.5, 0.6) is 0 Å². The highest BCUT2D eigenvalue weighted by Crippen LogP contribution is 2.57. The Morgan fingerprint density at radius 3 is 2.30 bits per heavy atom. The summed E-state index contributed by atoms with van der Waals surface area (Å²) in [6.45, 7) is 9.01. The summed E-state index contributed by atoms with van der Waals surface area (Å²) in [7, 11) is 0. The van der Waals surface area contributed by atoms with Gasteiger partial charge in [0.25, 0.3) is 0 Å². The molecule has 3 atom stereocenters. The molecule has 0 radical (unpaired) electrons. The molecule has 0 heterocycles. The first-order valence-corrected chi connectivity index (χ1v) is 10.2. The van der Waals surface area contributed by atoms with Gasteiger partial charge in [-0.1, -0.05) is 85.5 Å². The highest BCUT2D eigenvalue weighted by atomic mass is 16.4. The molecular weight excluding hydrogens is 284 g/mol. The zero-order valence-corrected chi connectivity index (χ0v) is 16.1. The third-order valence-corrected chi connectivity index (χ3v) is 6.48. The van der Waals surface area contributed by atoms with Crippen LogP contribution in [-0.2, 0) is 4.79 Å². The van der Waals surface area contributed by atoms with E-state index in [-0.39, 0.29) is 5.41 Å². The molecule has 0 aromatic carbocycles. The molecule has 1 aliphatic rings. The van der Waals surface area contributed by atoms with Crippen molar-refractivity contribution in [2.45, 2.75) is 111 Å². The highest BCUT2D eigenvalue weighted by molar-refractivity contribution is 5.76. The van der Waals surface area contributed by atoms with Crippen LogP contribution in [0.1, 0.15) is 111 Å².